The van der Waals surface area contributed by atoms with Gasteiger partial charge in [-0.25, -0.2) is 9.00 Å². The zero-order chi connectivity index (χ0) is 18.8. The largest absolute Gasteiger partial charge is 0.466 e. The number of benzene rings is 1. The number of carbonyl (C=O) groups excluding carboxylic acids is 1. The zero-order valence-electron chi connectivity index (χ0n) is 15.5. The van der Waals surface area contributed by atoms with Gasteiger partial charge in [0.15, 0.2) is 0 Å². The minimum Gasteiger partial charge on any atom is -0.466 e. The molecule has 0 amide bonds. The lowest BCUT2D eigenvalue weighted by Crippen LogP contribution is -2.09. The molecule has 1 aromatic carbocycles. The first-order valence-electron chi connectivity index (χ1n) is 8.50. The first-order valence-corrected chi connectivity index (χ1v) is 9.65. The number of hydrogen-bond acceptors (Lipinski definition) is 3. The second kappa shape index (κ2) is 10.8. The van der Waals surface area contributed by atoms with Crippen LogP contribution in [0.5, 0.6) is 0 Å². The Kier molecular flexibility index (Phi) is 9.14. The van der Waals surface area contributed by atoms with Crippen molar-refractivity contribution in [2.45, 2.75) is 50.8 Å². The van der Waals surface area contributed by atoms with Crippen molar-refractivity contribution in [3.63, 3.8) is 0 Å². The molecule has 1 atom stereocenters. The van der Waals surface area contributed by atoms with E-state index in [1.165, 1.54) is 7.11 Å². The van der Waals surface area contributed by atoms with E-state index in [0.717, 1.165) is 40.2 Å². The topological polar surface area (TPSA) is 43.4 Å². The molecule has 0 aromatic heterocycles. The summed E-state index contributed by atoms with van der Waals surface area (Å²) in [7, 11) is -0.0114. The first kappa shape index (κ1) is 21.1. The summed E-state index contributed by atoms with van der Waals surface area (Å²) in [6.45, 7) is 11.7. The van der Waals surface area contributed by atoms with Crippen LogP contribution in [0.3, 0.4) is 0 Å². The average molecular weight is 361 g/mol. The Morgan fingerprint density at radius 3 is 2.44 bits per heavy atom. The van der Waals surface area contributed by atoms with Gasteiger partial charge < -0.3 is 4.74 Å². The molecule has 1 unspecified atom stereocenters. The minimum atomic E-state index is -1.34. The summed E-state index contributed by atoms with van der Waals surface area (Å²) in [6.07, 6.45) is 5.61. The van der Waals surface area contributed by atoms with Crippen molar-refractivity contribution in [1.82, 2.24) is 0 Å². The summed E-state index contributed by atoms with van der Waals surface area (Å²) in [5.74, 6) is -0.466. The number of unbranched alkanes of at least 4 members (excludes halogenated alkanes) is 1. The quantitative estimate of drug-likeness (QED) is 0.325. The van der Waals surface area contributed by atoms with E-state index in [-0.39, 0.29) is 6.42 Å². The molecular weight excluding hydrogens is 332 g/mol. The second-order valence-electron chi connectivity index (χ2n) is 5.98. The summed E-state index contributed by atoms with van der Waals surface area (Å²) >= 11 is 0. The van der Waals surface area contributed by atoms with Crippen LogP contribution in [0.2, 0.25) is 0 Å². The fourth-order valence-electron chi connectivity index (χ4n) is 2.46. The highest BCUT2D eigenvalue weighted by Crippen LogP contribution is 2.29. The molecule has 25 heavy (non-hydrogen) atoms. The number of hydrogen-bond donors (Lipinski definition) is 0. The standard InChI is InChI=1S/C21H28O3S/c1-6-8-10-18(9-7-2)20(15-17(4)21(22)24-5)25(23)19-13-11-16(3)12-14-19/h7,11-14H,2,4,6,8-10,15H2,1,3,5H3/b20-18-. The highest BCUT2D eigenvalue weighted by atomic mass is 32.2. The van der Waals surface area contributed by atoms with E-state index in [9.17, 15) is 9.00 Å². The second-order valence-corrected chi connectivity index (χ2v) is 7.48. The highest BCUT2D eigenvalue weighted by Gasteiger charge is 2.19. The number of allylic oxidation sites excluding steroid dienone is 3. The molecule has 1 aromatic rings. The molecule has 0 radical (unpaired) electrons. The molecule has 0 aliphatic rings. The molecule has 136 valence electrons. The molecule has 1 rings (SSSR count). The predicted molar refractivity (Wildman–Crippen MR) is 105 cm³/mol. The van der Waals surface area contributed by atoms with Gasteiger partial charge in [0, 0.05) is 21.8 Å². The van der Waals surface area contributed by atoms with Gasteiger partial charge in [0.2, 0.25) is 0 Å². The SMILES string of the molecule is C=CC/C(CCCC)=C(\CC(=C)C(=O)OC)S(=O)c1ccc(C)cc1. The lowest BCUT2D eigenvalue weighted by molar-refractivity contribution is -0.136. The Balaban J connectivity index is 3.30. The summed E-state index contributed by atoms with van der Waals surface area (Å²) < 4.78 is 18.0. The Morgan fingerprint density at radius 2 is 1.92 bits per heavy atom. The summed E-state index contributed by atoms with van der Waals surface area (Å²) in [5, 5.41) is 0. The van der Waals surface area contributed by atoms with Crippen LogP contribution in [-0.4, -0.2) is 17.3 Å². The van der Waals surface area contributed by atoms with E-state index in [0.29, 0.717) is 12.0 Å². The van der Waals surface area contributed by atoms with E-state index < -0.39 is 16.8 Å². The van der Waals surface area contributed by atoms with Gasteiger partial charge in [0.25, 0.3) is 0 Å². The zero-order valence-corrected chi connectivity index (χ0v) is 16.3. The van der Waals surface area contributed by atoms with Crippen molar-refractivity contribution in [1.29, 1.82) is 0 Å². The van der Waals surface area contributed by atoms with Gasteiger partial charge in [-0.2, -0.15) is 0 Å². The third-order valence-electron chi connectivity index (χ3n) is 3.92. The molecule has 0 spiro atoms. The van der Waals surface area contributed by atoms with Crippen LogP contribution in [0.1, 0.15) is 44.6 Å². The Morgan fingerprint density at radius 1 is 1.28 bits per heavy atom. The van der Waals surface area contributed by atoms with Crippen molar-refractivity contribution in [2.75, 3.05) is 7.11 Å². The normalized spacial score (nSPS) is 12.9. The molecule has 0 bridgehead atoms. The molecule has 0 N–H and O–H groups in total. The minimum absolute atomic E-state index is 0.250. The molecule has 0 heterocycles. The Labute approximate surface area is 153 Å². The van der Waals surface area contributed by atoms with Crippen LogP contribution in [0, 0.1) is 6.92 Å². The number of ether oxygens (including phenoxy) is 1. The van der Waals surface area contributed by atoms with E-state index in [1.54, 1.807) is 0 Å². The number of methoxy groups -OCH3 is 1. The smallest absolute Gasteiger partial charge is 0.333 e. The fourth-order valence-corrected chi connectivity index (χ4v) is 3.88. The van der Waals surface area contributed by atoms with Gasteiger partial charge in [-0.1, -0.05) is 49.3 Å². The molecule has 0 fully saturated rings. The van der Waals surface area contributed by atoms with Crippen LogP contribution in [0.15, 0.2) is 64.4 Å². The maximum absolute atomic E-state index is 13.2. The maximum Gasteiger partial charge on any atom is 0.333 e. The maximum atomic E-state index is 13.2. The number of carbonyl (C=O) groups is 1. The van der Waals surface area contributed by atoms with Gasteiger partial charge in [-0.3, -0.25) is 0 Å². The van der Waals surface area contributed by atoms with Crippen LogP contribution < -0.4 is 0 Å². The summed E-state index contributed by atoms with van der Waals surface area (Å²) in [6, 6.07) is 7.63. The number of esters is 1. The van der Waals surface area contributed by atoms with Crippen molar-refractivity contribution in [3.05, 3.63) is 65.1 Å². The monoisotopic (exact) mass is 360 g/mol. The van der Waals surface area contributed by atoms with Crippen molar-refractivity contribution in [3.8, 4) is 0 Å². The van der Waals surface area contributed by atoms with Gasteiger partial charge >= 0.3 is 5.97 Å². The van der Waals surface area contributed by atoms with Crippen molar-refractivity contribution >= 4 is 16.8 Å². The average Bonchev–Trinajstić information content (AvgIpc) is 2.62. The molecular formula is C21H28O3S. The molecule has 0 saturated carbocycles. The fraction of sp³-hybridized carbons (Fsp3) is 0.381. The molecule has 4 heteroatoms. The molecule has 0 aliphatic carbocycles. The molecule has 0 saturated heterocycles. The van der Waals surface area contributed by atoms with Crippen LogP contribution >= 0.6 is 0 Å². The molecule has 3 nitrogen and oxygen atoms in total. The van der Waals surface area contributed by atoms with Gasteiger partial charge in [-0.05, 0) is 38.3 Å². The lowest BCUT2D eigenvalue weighted by atomic mass is 10.0. The molecule has 0 aliphatic heterocycles. The van der Waals surface area contributed by atoms with Crippen LogP contribution in [0.4, 0.5) is 0 Å². The van der Waals surface area contributed by atoms with E-state index in [2.05, 4.69) is 20.1 Å². The Hall–Kier alpha value is -1.94. The van der Waals surface area contributed by atoms with E-state index in [4.69, 9.17) is 4.74 Å². The van der Waals surface area contributed by atoms with E-state index in [1.807, 2.05) is 37.3 Å². The Bertz CT molecular complexity index is 669. The summed E-state index contributed by atoms with van der Waals surface area (Å²) in [5.41, 5.74) is 2.50. The number of aryl methyl sites for hydroxylation is 1. The van der Waals surface area contributed by atoms with E-state index >= 15 is 0 Å². The van der Waals surface area contributed by atoms with Gasteiger partial charge in [0.05, 0.1) is 17.9 Å². The van der Waals surface area contributed by atoms with Gasteiger partial charge in [-0.15, -0.1) is 6.58 Å². The van der Waals surface area contributed by atoms with Crippen LogP contribution in [0.25, 0.3) is 0 Å². The van der Waals surface area contributed by atoms with Crippen molar-refractivity contribution < 1.29 is 13.7 Å². The summed E-state index contributed by atoms with van der Waals surface area (Å²) in [4.78, 5) is 13.3. The third kappa shape index (κ3) is 6.46. The highest BCUT2D eigenvalue weighted by molar-refractivity contribution is 7.89. The van der Waals surface area contributed by atoms with Crippen molar-refractivity contribution in [2.24, 2.45) is 0 Å². The van der Waals surface area contributed by atoms with Crippen LogP contribution in [-0.2, 0) is 20.3 Å². The predicted octanol–water partition coefficient (Wildman–Crippen LogP) is 5.24. The first-order chi connectivity index (χ1) is 11.9. The third-order valence-corrected chi connectivity index (χ3v) is 5.50. The lowest BCUT2D eigenvalue weighted by Gasteiger charge is -2.15. The van der Waals surface area contributed by atoms with Gasteiger partial charge in [0.1, 0.15) is 0 Å². The number of rotatable bonds is 10.